The summed E-state index contributed by atoms with van der Waals surface area (Å²) in [6, 6.07) is 5.80. The molecule has 1 aromatic rings. The van der Waals surface area contributed by atoms with Crippen molar-refractivity contribution >= 4 is 27.8 Å². The van der Waals surface area contributed by atoms with Crippen LogP contribution in [0, 0.1) is 0 Å². The Hall–Kier alpha value is -1.62. The predicted molar refractivity (Wildman–Crippen MR) is 67.8 cm³/mol. The Kier molecular flexibility index (Phi) is 4.90. The molecule has 1 rings (SSSR count). The summed E-state index contributed by atoms with van der Waals surface area (Å²) in [6.45, 7) is 3.45. The number of halogens is 1. The molecular formula is C12H12BrNO3. The minimum atomic E-state index is -1.08. The van der Waals surface area contributed by atoms with E-state index in [2.05, 4.69) is 27.8 Å². The van der Waals surface area contributed by atoms with Crippen molar-refractivity contribution in [1.82, 2.24) is 5.32 Å². The Labute approximate surface area is 107 Å². The maximum Gasteiger partial charge on any atom is 0.326 e. The molecule has 0 fully saturated rings. The van der Waals surface area contributed by atoms with E-state index in [4.69, 9.17) is 5.11 Å². The predicted octanol–water partition coefficient (Wildman–Crippen LogP) is 2.21. The van der Waals surface area contributed by atoms with Gasteiger partial charge in [0.2, 0.25) is 0 Å². The highest BCUT2D eigenvalue weighted by atomic mass is 79.9. The van der Waals surface area contributed by atoms with Gasteiger partial charge >= 0.3 is 5.97 Å². The van der Waals surface area contributed by atoms with Gasteiger partial charge in [-0.2, -0.15) is 0 Å². The van der Waals surface area contributed by atoms with Gasteiger partial charge in [0.25, 0.3) is 5.91 Å². The molecule has 0 saturated heterocycles. The number of nitrogens with one attached hydrogen (secondary N) is 1. The Balaban J connectivity index is 2.77. The van der Waals surface area contributed by atoms with Gasteiger partial charge in [-0.15, -0.1) is 6.58 Å². The van der Waals surface area contributed by atoms with Crippen LogP contribution in [0.4, 0.5) is 0 Å². The fourth-order valence-electron chi connectivity index (χ4n) is 1.26. The third kappa shape index (κ3) is 4.03. The first-order valence-electron chi connectivity index (χ1n) is 4.94. The average Bonchev–Trinajstić information content (AvgIpc) is 2.28. The van der Waals surface area contributed by atoms with E-state index < -0.39 is 17.9 Å². The first kappa shape index (κ1) is 13.4. The maximum absolute atomic E-state index is 11.8. The van der Waals surface area contributed by atoms with Crippen molar-refractivity contribution in [1.29, 1.82) is 0 Å². The zero-order chi connectivity index (χ0) is 12.8. The molecule has 0 heterocycles. The van der Waals surface area contributed by atoms with Crippen LogP contribution < -0.4 is 5.32 Å². The molecule has 2 N–H and O–H groups in total. The number of amides is 1. The molecular weight excluding hydrogens is 286 g/mol. The van der Waals surface area contributed by atoms with E-state index in [1.54, 1.807) is 24.3 Å². The molecule has 0 bridgehead atoms. The van der Waals surface area contributed by atoms with Gasteiger partial charge < -0.3 is 10.4 Å². The number of carbonyl (C=O) groups excluding carboxylic acids is 1. The van der Waals surface area contributed by atoms with Crippen molar-refractivity contribution in [3.8, 4) is 0 Å². The van der Waals surface area contributed by atoms with Gasteiger partial charge in [-0.1, -0.05) is 28.1 Å². The molecule has 1 aromatic carbocycles. The number of carboxylic acids is 1. The highest BCUT2D eigenvalue weighted by molar-refractivity contribution is 9.10. The fourth-order valence-corrected chi connectivity index (χ4v) is 1.66. The summed E-state index contributed by atoms with van der Waals surface area (Å²) in [4.78, 5) is 22.6. The average molecular weight is 298 g/mol. The highest BCUT2D eigenvalue weighted by Gasteiger charge is 2.18. The molecule has 0 aliphatic carbocycles. The molecule has 4 nitrogen and oxygen atoms in total. The fraction of sp³-hybridized carbons (Fsp3) is 0.167. The van der Waals surface area contributed by atoms with Crippen LogP contribution in [-0.2, 0) is 4.79 Å². The number of aliphatic carboxylic acids is 1. The van der Waals surface area contributed by atoms with Gasteiger partial charge in [-0.25, -0.2) is 4.79 Å². The summed E-state index contributed by atoms with van der Waals surface area (Å²) in [7, 11) is 0. The quantitative estimate of drug-likeness (QED) is 0.819. The summed E-state index contributed by atoms with van der Waals surface area (Å²) in [5.41, 5.74) is 0.412. The standard InChI is InChI=1S/C12H12BrNO3/c1-2-4-10(12(16)17)14-11(15)8-5-3-6-9(13)7-8/h2-3,5-7,10H,1,4H2,(H,14,15)(H,16,17)/t10-/m0/s1. The van der Waals surface area contributed by atoms with Gasteiger partial charge in [0.05, 0.1) is 0 Å². The van der Waals surface area contributed by atoms with E-state index in [9.17, 15) is 9.59 Å². The van der Waals surface area contributed by atoms with Crippen molar-refractivity contribution in [2.45, 2.75) is 12.5 Å². The molecule has 0 aliphatic heterocycles. The van der Waals surface area contributed by atoms with E-state index in [-0.39, 0.29) is 6.42 Å². The number of carbonyl (C=O) groups is 2. The van der Waals surface area contributed by atoms with Crippen LogP contribution in [0.15, 0.2) is 41.4 Å². The lowest BCUT2D eigenvalue weighted by Gasteiger charge is -2.12. The lowest BCUT2D eigenvalue weighted by molar-refractivity contribution is -0.139. The zero-order valence-corrected chi connectivity index (χ0v) is 10.6. The molecule has 1 atom stereocenters. The largest absolute Gasteiger partial charge is 0.480 e. The number of carboxylic acid groups (broad SMARTS) is 1. The van der Waals surface area contributed by atoms with E-state index >= 15 is 0 Å². The molecule has 1 amide bonds. The van der Waals surface area contributed by atoms with Crippen LogP contribution in [0.3, 0.4) is 0 Å². The van der Waals surface area contributed by atoms with Gasteiger partial charge in [0, 0.05) is 10.0 Å². The van der Waals surface area contributed by atoms with Crippen molar-refractivity contribution in [2.24, 2.45) is 0 Å². The third-order valence-corrected chi connectivity index (χ3v) is 2.59. The molecule has 0 saturated carbocycles. The second kappa shape index (κ2) is 6.20. The van der Waals surface area contributed by atoms with Crippen molar-refractivity contribution in [3.05, 3.63) is 47.0 Å². The zero-order valence-electron chi connectivity index (χ0n) is 9.02. The summed E-state index contributed by atoms with van der Waals surface area (Å²) >= 11 is 3.24. The van der Waals surface area contributed by atoms with Gasteiger partial charge in [0.1, 0.15) is 6.04 Å². The summed E-state index contributed by atoms with van der Waals surface area (Å²) in [6.07, 6.45) is 1.65. The molecule has 0 radical (unpaired) electrons. The number of benzene rings is 1. The highest BCUT2D eigenvalue weighted by Crippen LogP contribution is 2.11. The first-order valence-corrected chi connectivity index (χ1v) is 5.74. The van der Waals surface area contributed by atoms with Crippen molar-refractivity contribution in [3.63, 3.8) is 0 Å². The van der Waals surface area contributed by atoms with E-state index in [1.807, 2.05) is 0 Å². The van der Waals surface area contributed by atoms with Gasteiger partial charge in [-0.05, 0) is 24.6 Å². The van der Waals surface area contributed by atoms with Crippen LogP contribution in [0.25, 0.3) is 0 Å². The molecule has 0 unspecified atom stereocenters. The summed E-state index contributed by atoms with van der Waals surface area (Å²) < 4.78 is 0.765. The Bertz CT molecular complexity index is 445. The molecule has 0 spiro atoms. The Morgan fingerprint density at radius 3 is 2.76 bits per heavy atom. The van der Waals surface area contributed by atoms with E-state index in [0.717, 1.165) is 4.47 Å². The SMILES string of the molecule is C=CC[C@H](NC(=O)c1cccc(Br)c1)C(=O)O. The Morgan fingerprint density at radius 2 is 2.24 bits per heavy atom. The van der Waals surface area contributed by atoms with Crippen molar-refractivity contribution < 1.29 is 14.7 Å². The smallest absolute Gasteiger partial charge is 0.326 e. The second-order valence-corrected chi connectivity index (χ2v) is 4.31. The van der Waals surface area contributed by atoms with Crippen LogP contribution in [0.1, 0.15) is 16.8 Å². The lowest BCUT2D eigenvalue weighted by atomic mass is 10.1. The van der Waals surface area contributed by atoms with Crippen LogP contribution >= 0.6 is 15.9 Å². The van der Waals surface area contributed by atoms with E-state index in [0.29, 0.717) is 5.56 Å². The topological polar surface area (TPSA) is 66.4 Å². The molecule has 5 heteroatoms. The minimum absolute atomic E-state index is 0.190. The number of rotatable bonds is 5. The summed E-state index contributed by atoms with van der Waals surface area (Å²) in [5, 5.41) is 11.3. The molecule has 17 heavy (non-hydrogen) atoms. The maximum atomic E-state index is 11.8. The molecule has 0 aliphatic rings. The monoisotopic (exact) mass is 297 g/mol. The van der Waals surface area contributed by atoms with Gasteiger partial charge in [0.15, 0.2) is 0 Å². The first-order chi connectivity index (χ1) is 8.04. The normalized spacial score (nSPS) is 11.6. The number of hydrogen-bond acceptors (Lipinski definition) is 2. The molecule has 90 valence electrons. The lowest BCUT2D eigenvalue weighted by Crippen LogP contribution is -2.40. The van der Waals surface area contributed by atoms with Crippen LogP contribution in [0.2, 0.25) is 0 Å². The van der Waals surface area contributed by atoms with Crippen molar-refractivity contribution in [2.75, 3.05) is 0 Å². The Morgan fingerprint density at radius 1 is 1.53 bits per heavy atom. The third-order valence-electron chi connectivity index (χ3n) is 2.09. The van der Waals surface area contributed by atoms with Crippen LogP contribution in [0.5, 0.6) is 0 Å². The number of hydrogen-bond donors (Lipinski definition) is 2. The van der Waals surface area contributed by atoms with Crippen LogP contribution in [-0.4, -0.2) is 23.0 Å². The van der Waals surface area contributed by atoms with Gasteiger partial charge in [-0.3, -0.25) is 4.79 Å². The summed E-state index contributed by atoms with van der Waals surface area (Å²) in [5.74, 6) is -1.49. The second-order valence-electron chi connectivity index (χ2n) is 3.40. The minimum Gasteiger partial charge on any atom is -0.480 e. The molecule has 0 aromatic heterocycles. The van der Waals surface area contributed by atoms with E-state index in [1.165, 1.54) is 6.08 Å².